The molecular weight excluding hydrogens is 420 g/mol. The molecule has 10 heteroatoms. The van der Waals surface area contributed by atoms with Crippen molar-refractivity contribution in [2.24, 2.45) is 0 Å². The number of rotatable bonds is 7. The van der Waals surface area contributed by atoms with E-state index in [2.05, 4.69) is 0 Å². The first-order valence-corrected chi connectivity index (χ1v) is 10.8. The average molecular weight is 443 g/mol. The predicted octanol–water partition coefficient (Wildman–Crippen LogP) is 3.11. The molecule has 1 aromatic rings. The molecule has 158 valence electrons. The van der Waals surface area contributed by atoms with E-state index in [0.29, 0.717) is 13.1 Å². The summed E-state index contributed by atoms with van der Waals surface area (Å²) in [5, 5.41) is 17.5. The molecule has 1 fully saturated rings. The highest BCUT2D eigenvalue weighted by atomic mass is 35.5. The quantitative estimate of drug-likeness (QED) is 0.289. The van der Waals surface area contributed by atoms with Crippen LogP contribution >= 0.6 is 11.6 Å². The lowest BCUT2D eigenvalue weighted by atomic mass is 10.1. The van der Waals surface area contributed by atoms with Crippen molar-refractivity contribution in [3.05, 3.63) is 40.1 Å². The number of carbonyl (C=O) groups is 2. The third-order valence-corrected chi connectivity index (χ3v) is 6.84. The molecule has 0 aliphatic carbocycles. The van der Waals surface area contributed by atoms with Crippen molar-refractivity contribution in [2.45, 2.75) is 38.0 Å². The second-order valence-electron chi connectivity index (χ2n) is 6.69. The molecule has 0 unspecified atom stereocenters. The highest BCUT2D eigenvalue weighted by Crippen LogP contribution is 2.28. The Balaban J connectivity index is 2.24. The maximum absolute atomic E-state index is 12.9. The lowest BCUT2D eigenvalue weighted by Gasteiger charge is -2.26. The Bertz CT molecular complexity index is 949. The van der Waals surface area contributed by atoms with Crippen LogP contribution in [0.5, 0.6) is 0 Å². The van der Waals surface area contributed by atoms with Crippen LogP contribution in [-0.4, -0.2) is 55.0 Å². The number of nitrogens with one attached hydrogen (secondary N) is 1. The fourth-order valence-electron chi connectivity index (χ4n) is 3.05. The number of halogens is 1. The number of ketones is 1. The van der Waals surface area contributed by atoms with Gasteiger partial charge in [-0.25, -0.2) is 13.2 Å². The van der Waals surface area contributed by atoms with E-state index in [9.17, 15) is 23.1 Å². The molecular formula is C19H23ClN2O6S. The fraction of sp³-hybridized carbons (Fsp3) is 0.421. The van der Waals surface area contributed by atoms with Gasteiger partial charge in [0.25, 0.3) is 0 Å². The summed E-state index contributed by atoms with van der Waals surface area (Å²) in [6, 6.07) is 3.75. The SMILES string of the molecule is CC(=N)/C(C(C)=O)=C(/O)COC(=O)c1ccc(Cl)c(S(=O)(=O)N2CCCCC2)c1. The van der Waals surface area contributed by atoms with Crippen molar-refractivity contribution in [1.29, 1.82) is 5.41 Å². The van der Waals surface area contributed by atoms with Gasteiger partial charge in [-0.3, -0.25) is 4.79 Å². The number of hydrogen-bond donors (Lipinski definition) is 2. The topological polar surface area (TPSA) is 125 Å². The molecule has 1 heterocycles. The van der Waals surface area contributed by atoms with Gasteiger partial charge in [0.05, 0.1) is 16.2 Å². The molecule has 29 heavy (non-hydrogen) atoms. The van der Waals surface area contributed by atoms with Crippen molar-refractivity contribution < 1.29 is 27.9 Å². The molecule has 1 aromatic carbocycles. The summed E-state index contributed by atoms with van der Waals surface area (Å²) in [4.78, 5) is 23.6. The number of nitrogens with zero attached hydrogens (tertiary/aromatic N) is 1. The first-order chi connectivity index (χ1) is 13.6. The van der Waals surface area contributed by atoms with E-state index in [1.807, 2.05) is 0 Å². The summed E-state index contributed by atoms with van der Waals surface area (Å²) in [6.07, 6.45) is 2.48. The standard InChI is InChI=1S/C19H23ClN2O6S/c1-12(21)18(13(2)23)16(24)11-28-19(25)14-6-7-15(20)17(10-14)29(26,27)22-8-4-3-5-9-22/h6-7,10,21,24H,3-5,8-9,11H2,1-2H3/b18-16-,21-12?. The number of carbonyl (C=O) groups excluding carboxylic acids is 2. The number of piperidine rings is 1. The minimum Gasteiger partial charge on any atom is -0.508 e. The first-order valence-electron chi connectivity index (χ1n) is 9.01. The van der Waals surface area contributed by atoms with Gasteiger partial charge in [0.15, 0.2) is 5.78 Å². The monoisotopic (exact) mass is 442 g/mol. The predicted molar refractivity (Wildman–Crippen MR) is 108 cm³/mol. The highest BCUT2D eigenvalue weighted by Gasteiger charge is 2.29. The average Bonchev–Trinajstić information content (AvgIpc) is 2.66. The van der Waals surface area contributed by atoms with Gasteiger partial charge in [-0.05, 0) is 44.9 Å². The normalized spacial score (nSPS) is 16.1. The number of Topliss-reactive ketones (excluding diaryl/α,β-unsaturated/α-hetero) is 1. The summed E-state index contributed by atoms with van der Waals surface area (Å²) in [5.41, 5.74) is -0.455. The van der Waals surface area contributed by atoms with Crippen LogP contribution < -0.4 is 0 Å². The lowest BCUT2D eigenvalue weighted by Crippen LogP contribution is -2.35. The Morgan fingerprint density at radius 2 is 1.83 bits per heavy atom. The molecule has 0 spiro atoms. The highest BCUT2D eigenvalue weighted by molar-refractivity contribution is 7.89. The van der Waals surface area contributed by atoms with Gasteiger partial charge < -0.3 is 15.3 Å². The molecule has 0 bridgehead atoms. The molecule has 0 aromatic heterocycles. The van der Waals surface area contributed by atoms with Gasteiger partial charge in [0, 0.05) is 18.8 Å². The molecule has 0 saturated carbocycles. The molecule has 2 rings (SSSR count). The maximum atomic E-state index is 12.9. The van der Waals surface area contributed by atoms with Crippen molar-refractivity contribution in [1.82, 2.24) is 4.31 Å². The molecule has 1 aliphatic heterocycles. The Morgan fingerprint density at radius 1 is 1.21 bits per heavy atom. The number of aliphatic hydroxyl groups is 1. The van der Waals surface area contributed by atoms with Gasteiger partial charge in [-0.2, -0.15) is 4.31 Å². The third-order valence-electron chi connectivity index (χ3n) is 4.46. The fourth-order valence-corrected chi connectivity index (χ4v) is 5.06. The van der Waals surface area contributed by atoms with Crippen LogP contribution in [0.3, 0.4) is 0 Å². The first kappa shape index (κ1) is 23.1. The number of aliphatic hydroxyl groups excluding tert-OH is 1. The second kappa shape index (κ2) is 9.51. The summed E-state index contributed by atoms with van der Waals surface area (Å²) in [6.45, 7) is 2.67. The van der Waals surface area contributed by atoms with Crippen LogP contribution in [0, 0.1) is 5.41 Å². The molecule has 1 aliphatic rings. The van der Waals surface area contributed by atoms with Crippen molar-refractivity contribution in [2.75, 3.05) is 19.7 Å². The molecule has 0 amide bonds. The minimum atomic E-state index is -3.85. The number of benzene rings is 1. The zero-order valence-electron chi connectivity index (χ0n) is 16.2. The van der Waals surface area contributed by atoms with Crippen molar-refractivity contribution in [3.8, 4) is 0 Å². The van der Waals surface area contributed by atoms with Crippen molar-refractivity contribution >= 4 is 39.1 Å². The number of esters is 1. The Morgan fingerprint density at radius 3 is 2.38 bits per heavy atom. The third kappa shape index (κ3) is 5.43. The number of hydrogen-bond acceptors (Lipinski definition) is 7. The number of ether oxygens (including phenoxy) is 1. The minimum absolute atomic E-state index is 0.00633. The molecule has 2 N–H and O–H groups in total. The van der Waals surface area contributed by atoms with Crippen molar-refractivity contribution in [3.63, 3.8) is 0 Å². The molecule has 1 saturated heterocycles. The second-order valence-corrected chi connectivity index (χ2v) is 9.00. The van der Waals surface area contributed by atoms with E-state index < -0.39 is 34.1 Å². The van der Waals surface area contributed by atoms with E-state index in [-0.39, 0.29) is 26.8 Å². The Labute approximate surface area is 174 Å². The summed E-state index contributed by atoms with van der Waals surface area (Å²) < 4.78 is 32.1. The Hall–Kier alpha value is -2.23. The summed E-state index contributed by atoms with van der Waals surface area (Å²) in [5.74, 6) is -1.98. The van der Waals surface area contributed by atoms with Gasteiger partial charge >= 0.3 is 5.97 Å². The van der Waals surface area contributed by atoms with E-state index in [1.165, 1.54) is 30.3 Å². The largest absolute Gasteiger partial charge is 0.508 e. The Kier molecular flexibility index (Phi) is 7.56. The summed E-state index contributed by atoms with van der Waals surface area (Å²) >= 11 is 6.08. The zero-order valence-corrected chi connectivity index (χ0v) is 17.8. The summed E-state index contributed by atoms with van der Waals surface area (Å²) in [7, 11) is -3.85. The van der Waals surface area contributed by atoms with Crippen LogP contribution in [0.25, 0.3) is 0 Å². The van der Waals surface area contributed by atoms with Crippen LogP contribution in [0.2, 0.25) is 5.02 Å². The number of allylic oxidation sites excluding steroid dienone is 1. The van der Waals surface area contributed by atoms with E-state index in [0.717, 1.165) is 25.3 Å². The lowest BCUT2D eigenvalue weighted by molar-refractivity contribution is -0.113. The van der Waals surface area contributed by atoms with Gasteiger partial charge in [0.2, 0.25) is 10.0 Å². The van der Waals surface area contributed by atoms with E-state index in [4.69, 9.17) is 21.7 Å². The smallest absolute Gasteiger partial charge is 0.338 e. The van der Waals surface area contributed by atoms with Crippen LogP contribution in [0.4, 0.5) is 0 Å². The molecule has 0 radical (unpaired) electrons. The van der Waals surface area contributed by atoms with Crippen LogP contribution in [0.15, 0.2) is 34.4 Å². The molecule has 8 nitrogen and oxygen atoms in total. The van der Waals surface area contributed by atoms with Crippen LogP contribution in [-0.2, 0) is 19.6 Å². The van der Waals surface area contributed by atoms with Gasteiger partial charge in [0.1, 0.15) is 17.3 Å². The van der Waals surface area contributed by atoms with Gasteiger partial charge in [-0.15, -0.1) is 0 Å². The number of sulfonamides is 1. The van der Waals surface area contributed by atoms with Crippen LogP contribution in [0.1, 0.15) is 43.5 Å². The van der Waals surface area contributed by atoms with E-state index in [1.54, 1.807) is 0 Å². The molecule has 0 atom stereocenters. The van der Waals surface area contributed by atoms with Gasteiger partial charge in [-0.1, -0.05) is 18.0 Å². The maximum Gasteiger partial charge on any atom is 0.338 e. The zero-order chi connectivity index (χ0) is 21.8. The van der Waals surface area contributed by atoms with E-state index >= 15 is 0 Å².